The van der Waals surface area contributed by atoms with Crippen LogP contribution in [-0.4, -0.2) is 23.3 Å². The van der Waals surface area contributed by atoms with Gasteiger partial charge in [0.1, 0.15) is 5.41 Å². The number of pyridine rings is 1. The number of nitrogens with one attached hydrogen (secondary N) is 2. The van der Waals surface area contributed by atoms with E-state index in [2.05, 4.69) is 22.5 Å². The summed E-state index contributed by atoms with van der Waals surface area (Å²) in [6, 6.07) is 3.70. The van der Waals surface area contributed by atoms with Crippen LogP contribution in [0.5, 0.6) is 0 Å². The number of unbranched alkanes of at least 4 members (excludes halogenated alkanes) is 1. The molecule has 1 heterocycles. The maximum Gasteiger partial charge on any atom is 0.235 e. The Kier molecular flexibility index (Phi) is 4.71. The summed E-state index contributed by atoms with van der Waals surface area (Å²) in [6.45, 7) is 3.15. The van der Waals surface area contributed by atoms with Crippen LogP contribution in [0.1, 0.15) is 38.2 Å². The van der Waals surface area contributed by atoms with Crippen molar-refractivity contribution < 1.29 is 9.59 Å². The molecule has 0 saturated heterocycles. The minimum atomic E-state index is -0.819. The zero-order chi connectivity index (χ0) is 14.4. The maximum absolute atomic E-state index is 12.2. The second kappa shape index (κ2) is 6.50. The number of rotatable bonds is 7. The van der Waals surface area contributed by atoms with Crippen LogP contribution in [0.4, 0.5) is 0 Å². The zero-order valence-electron chi connectivity index (χ0n) is 11.8. The van der Waals surface area contributed by atoms with E-state index in [-0.39, 0.29) is 11.8 Å². The third-order valence-corrected chi connectivity index (χ3v) is 3.64. The molecule has 2 N–H and O–H groups in total. The quantitative estimate of drug-likeness (QED) is 0.583. The van der Waals surface area contributed by atoms with Gasteiger partial charge in [0.15, 0.2) is 0 Å². The Morgan fingerprint density at radius 2 is 1.85 bits per heavy atom. The van der Waals surface area contributed by atoms with Gasteiger partial charge in [-0.05, 0) is 37.0 Å². The van der Waals surface area contributed by atoms with E-state index in [4.69, 9.17) is 0 Å². The fourth-order valence-corrected chi connectivity index (χ4v) is 2.08. The summed E-state index contributed by atoms with van der Waals surface area (Å²) < 4.78 is 0. The predicted molar refractivity (Wildman–Crippen MR) is 75.7 cm³/mol. The summed E-state index contributed by atoms with van der Waals surface area (Å²) in [5.41, 5.74) is 0.163. The maximum atomic E-state index is 12.2. The summed E-state index contributed by atoms with van der Waals surface area (Å²) in [5.74, 6) is -0.290. The van der Waals surface area contributed by atoms with E-state index in [1.165, 1.54) is 0 Å². The first-order valence-corrected chi connectivity index (χ1v) is 7.14. The molecule has 20 heavy (non-hydrogen) atoms. The smallest absolute Gasteiger partial charge is 0.235 e. The molecule has 0 atom stereocenters. The molecule has 1 aromatic heterocycles. The van der Waals surface area contributed by atoms with Crippen molar-refractivity contribution in [3.05, 3.63) is 30.1 Å². The van der Waals surface area contributed by atoms with E-state index in [1.54, 1.807) is 12.4 Å². The topological polar surface area (TPSA) is 71.1 Å². The van der Waals surface area contributed by atoms with Gasteiger partial charge in [0.05, 0.1) is 0 Å². The summed E-state index contributed by atoms with van der Waals surface area (Å²) in [5, 5.41) is 5.70. The average molecular weight is 275 g/mol. The summed E-state index contributed by atoms with van der Waals surface area (Å²) >= 11 is 0. The monoisotopic (exact) mass is 275 g/mol. The third-order valence-electron chi connectivity index (χ3n) is 3.64. The van der Waals surface area contributed by atoms with Crippen LogP contribution in [0.25, 0.3) is 0 Å². The Morgan fingerprint density at radius 3 is 2.45 bits per heavy atom. The molecular formula is C15H21N3O2. The van der Waals surface area contributed by atoms with Gasteiger partial charge < -0.3 is 10.6 Å². The molecule has 0 aromatic carbocycles. The molecule has 0 aliphatic heterocycles. The third kappa shape index (κ3) is 3.35. The highest BCUT2D eigenvalue weighted by Crippen LogP contribution is 2.46. The first kappa shape index (κ1) is 14.5. The molecule has 1 fully saturated rings. The van der Waals surface area contributed by atoms with Crippen LogP contribution in [-0.2, 0) is 16.1 Å². The largest absolute Gasteiger partial charge is 0.355 e. The second-order valence-electron chi connectivity index (χ2n) is 5.23. The van der Waals surface area contributed by atoms with Crippen molar-refractivity contribution in [1.29, 1.82) is 0 Å². The molecular weight excluding hydrogens is 254 g/mol. The van der Waals surface area contributed by atoms with Crippen molar-refractivity contribution in [2.75, 3.05) is 6.54 Å². The molecule has 108 valence electrons. The van der Waals surface area contributed by atoms with Crippen LogP contribution in [0, 0.1) is 5.41 Å². The Labute approximate surface area is 119 Å². The molecule has 2 amide bonds. The lowest BCUT2D eigenvalue weighted by atomic mass is 10.0. The highest BCUT2D eigenvalue weighted by atomic mass is 16.2. The van der Waals surface area contributed by atoms with Crippen molar-refractivity contribution in [2.45, 2.75) is 39.2 Å². The number of carbonyl (C=O) groups excluding carboxylic acids is 2. The molecule has 0 radical (unpaired) electrons. The standard InChI is InChI=1S/C15H21N3O2/c1-2-3-8-17-13(19)15(6-7-15)14(20)18-11-12-4-9-16-10-5-12/h4-5,9-10H,2-3,6-8,11H2,1H3,(H,17,19)(H,18,20). The molecule has 1 aliphatic rings. The van der Waals surface area contributed by atoms with E-state index >= 15 is 0 Å². The van der Waals surface area contributed by atoms with Crippen molar-refractivity contribution >= 4 is 11.8 Å². The number of nitrogens with zero attached hydrogens (tertiary/aromatic N) is 1. The lowest BCUT2D eigenvalue weighted by Crippen LogP contribution is -2.43. The van der Waals surface area contributed by atoms with Crippen molar-refractivity contribution in [3.63, 3.8) is 0 Å². The second-order valence-corrected chi connectivity index (χ2v) is 5.23. The molecule has 0 bridgehead atoms. The molecule has 2 rings (SSSR count). The number of amides is 2. The predicted octanol–water partition coefficient (Wildman–Crippen LogP) is 1.39. The average Bonchev–Trinajstić information content (AvgIpc) is 3.28. The van der Waals surface area contributed by atoms with E-state index in [1.807, 2.05) is 12.1 Å². The number of hydrogen-bond acceptors (Lipinski definition) is 3. The minimum absolute atomic E-state index is 0.127. The van der Waals surface area contributed by atoms with Gasteiger partial charge in [-0.1, -0.05) is 13.3 Å². The molecule has 5 heteroatoms. The normalized spacial score (nSPS) is 15.4. The molecule has 1 saturated carbocycles. The van der Waals surface area contributed by atoms with Crippen molar-refractivity contribution in [1.82, 2.24) is 15.6 Å². The number of hydrogen-bond donors (Lipinski definition) is 2. The lowest BCUT2D eigenvalue weighted by Gasteiger charge is -2.15. The lowest BCUT2D eigenvalue weighted by molar-refractivity contribution is -0.137. The van der Waals surface area contributed by atoms with Gasteiger partial charge in [0, 0.05) is 25.5 Å². The molecule has 1 aliphatic carbocycles. The van der Waals surface area contributed by atoms with Crippen LogP contribution in [0.2, 0.25) is 0 Å². The molecule has 0 spiro atoms. The Hall–Kier alpha value is -1.91. The number of aromatic nitrogens is 1. The SMILES string of the molecule is CCCCNC(=O)C1(C(=O)NCc2ccncc2)CC1. The van der Waals surface area contributed by atoms with Crippen LogP contribution in [0.3, 0.4) is 0 Å². The van der Waals surface area contributed by atoms with Crippen LogP contribution >= 0.6 is 0 Å². The van der Waals surface area contributed by atoms with Gasteiger partial charge in [-0.15, -0.1) is 0 Å². The van der Waals surface area contributed by atoms with Gasteiger partial charge in [0.25, 0.3) is 0 Å². The van der Waals surface area contributed by atoms with Crippen molar-refractivity contribution in [3.8, 4) is 0 Å². The molecule has 1 aromatic rings. The summed E-state index contributed by atoms with van der Waals surface area (Å²) in [7, 11) is 0. The van der Waals surface area contributed by atoms with Gasteiger partial charge in [-0.3, -0.25) is 14.6 Å². The van der Waals surface area contributed by atoms with E-state index in [0.29, 0.717) is 25.9 Å². The number of carbonyl (C=O) groups is 2. The van der Waals surface area contributed by atoms with Crippen LogP contribution in [0.15, 0.2) is 24.5 Å². The first-order valence-electron chi connectivity index (χ1n) is 7.14. The Bertz CT molecular complexity index is 469. The highest BCUT2D eigenvalue weighted by Gasteiger charge is 2.56. The fraction of sp³-hybridized carbons (Fsp3) is 0.533. The zero-order valence-corrected chi connectivity index (χ0v) is 11.8. The van der Waals surface area contributed by atoms with E-state index in [9.17, 15) is 9.59 Å². The summed E-state index contributed by atoms with van der Waals surface area (Å²) in [6.07, 6.45) is 6.64. The van der Waals surface area contributed by atoms with E-state index in [0.717, 1.165) is 18.4 Å². The first-order chi connectivity index (χ1) is 9.69. The molecule has 0 unspecified atom stereocenters. The highest BCUT2D eigenvalue weighted by molar-refractivity contribution is 6.07. The van der Waals surface area contributed by atoms with E-state index < -0.39 is 5.41 Å². The minimum Gasteiger partial charge on any atom is -0.355 e. The van der Waals surface area contributed by atoms with Gasteiger partial charge in [0.2, 0.25) is 11.8 Å². The Morgan fingerprint density at radius 1 is 1.20 bits per heavy atom. The molecule has 5 nitrogen and oxygen atoms in total. The van der Waals surface area contributed by atoms with Crippen LogP contribution < -0.4 is 10.6 Å². The summed E-state index contributed by atoms with van der Waals surface area (Å²) in [4.78, 5) is 28.2. The van der Waals surface area contributed by atoms with Gasteiger partial charge in [-0.2, -0.15) is 0 Å². The van der Waals surface area contributed by atoms with Crippen molar-refractivity contribution in [2.24, 2.45) is 5.41 Å². The fourth-order valence-electron chi connectivity index (χ4n) is 2.08. The van der Waals surface area contributed by atoms with Gasteiger partial charge in [-0.25, -0.2) is 0 Å². The Balaban J connectivity index is 1.83. The van der Waals surface area contributed by atoms with Gasteiger partial charge >= 0.3 is 0 Å².